The van der Waals surface area contributed by atoms with Crippen molar-refractivity contribution in [3.63, 3.8) is 0 Å². The number of hydrogen-bond acceptors (Lipinski definition) is 2. The molecule has 2 nitrogen and oxygen atoms in total. The lowest BCUT2D eigenvalue weighted by Gasteiger charge is -2.40. The maximum Gasteiger partial charge on any atom is 0.164 e. The van der Waals surface area contributed by atoms with Crippen LogP contribution in [0.4, 0.5) is 0 Å². The normalized spacial score (nSPS) is 27.2. The Morgan fingerprint density at radius 2 is 1.95 bits per heavy atom. The van der Waals surface area contributed by atoms with Gasteiger partial charge in [0.2, 0.25) is 0 Å². The monoisotopic (exact) mass is 276 g/mol. The predicted molar refractivity (Wildman–Crippen MR) is 82.7 cm³/mol. The van der Waals surface area contributed by atoms with Crippen LogP contribution in [0.2, 0.25) is 0 Å². The molecule has 0 bridgehead atoms. The first-order valence-corrected chi connectivity index (χ1v) is 7.85. The third kappa shape index (κ3) is 2.91. The van der Waals surface area contributed by atoms with E-state index in [9.17, 15) is 5.11 Å². The van der Waals surface area contributed by atoms with E-state index < -0.39 is 6.29 Å². The van der Waals surface area contributed by atoms with E-state index in [1.165, 1.54) is 30.4 Å². The number of aliphatic hydroxyl groups excluding tert-OH is 1. The minimum absolute atomic E-state index is 0.311. The summed E-state index contributed by atoms with van der Waals surface area (Å²) in [6.45, 7) is 9.06. The van der Waals surface area contributed by atoms with Crippen molar-refractivity contribution in [2.75, 3.05) is 6.61 Å². The second-order valence-corrected chi connectivity index (χ2v) is 6.57. The highest BCUT2D eigenvalue weighted by molar-refractivity contribution is 5.30. The van der Waals surface area contributed by atoms with Crippen LogP contribution in [0.1, 0.15) is 51.2 Å². The molecule has 112 valence electrons. The van der Waals surface area contributed by atoms with Gasteiger partial charge in [-0.2, -0.15) is 0 Å². The van der Waals surface area contributed by atoms with Gasteiger partial charge in [-0.05, 0) is 44.1 Å². The number of hydrogen-bond donors (Lipinski definition) is 1. The van der Waals surface area contributed by atoms with Gasteiger partial charge >= 0.3 is 0 Å². The molecule has 0 aliphatic heterocycles. The third-order valence-electron chi connectivity index (χ3n) is 5.05. The summed E-state index contributed by atoms with van der Waals surface area (Å²) in [5.41, 5.74) is 2.14. The van der Waals surface area contributed by atoms with Gasteiger partial charge in [0, 0.05) is 12.0 Å². The van der Waals surface area contributed by atoms with E-state index in [1.54, 1.807) is 0 Å². The van der Waals surface area contributed by atoms with Crippen LogP contribution in [-0.2, 0) is 10.2 Å². The Hall–Kier alpha value is -0.860. The van der Waals surface area contributed by atoms with Crippen molar-refractivity contribution in [2.45, 2.75) is 58.7 Å². The molecule has 1 aliphatic rings. The SMILES string of the molecule is CCOC(O)C(C)(c1ccc(C)cc1)C1CCC(C)C1. The number of rotatable bonds is 5. The van der Waals surface area contributed by atoms with Crippen LogP contribution in [0, 0.1) is 18.8 Å². The minimum Gasteiger partial charge on any atom is -0.367 e. The average Bonchev–Trinajstić information content (AvgIpc) is 2.86. The summed E-state index contributed by atoms with van der Waals surface area (Å²) in [5.74, 6) is 1.24. The maximum atomic E-state index is 10.6. The van der Waals surface area contributed by atoms with Crippen LogP contribution in [0.15, 0.2) is 24.3 Å². The lowest BCUT2D eigenvalue weighted by Crippen LogP contribution is -2.44. The zero-order chi connectivity index (χ0) is 14.8. The molecule has 4 atom stereocenters. The van der Waals surface area contributed by atoms with E-state index in [4.69, 9.17) is 4.74 Å². The fourth-order valence-corrected chi connectivity index (χ4v) is 3.58. The van der Waals surface area contributed by atoms with Gasteiger partial charge in [0.25, 0.3) is 0 Å². The van der Waals surface area contributed by atoms with Crippen LogP contribution in [0.5, 0.6) is 0 Å². The first-order valence-electron chi connectivity index (χ1n) is 7.85. The molecule has 2 heteroatoms. The van der Waals surface area contributed by atoms with Gasteiger partial charge in [-0.15, -0.1) is 0 Å². The van der Waals surface area contributed by atoms with Gasteiger partial charge in [0.15, 0.2) is 6.29 Å². The molecule has 0 aromatic heterocycles. The molecule has 1 aliphatic carbocycles. The summed E-state index contributed by atoms with van der Waals surface area (Å²) in [6, 6.07) is 8.57. The summed E-state index contributed by atoms with van der Waals surface area (Å²) in [7, 11) is 0. The maximum absolute atomic E-state index is 10.6. The largest absolute Gasteiger partial charge is 0.367 e. The fourth-order valence-electron chi connectivity index (χ4n) is 3.58. The van der Waals surface area contributed by atoms with Crippen molar-refractivity contribution in [2.24, 2.45) is 11.8 Å². The topological polar surface area (TPSA) is 29.5 Å². The van der Waals surface area contributed by atoms with Gasteiger partial charge < -0.3 is 9.84 Å². The zero-order valence-corrected chi connectivity index (χ0v) is 13.2. The predicted octanol–water partition coefficient (Wildman–Crippen LogP) is 4.04. The van der Waals surface area contributed by atoms with Gasteiger partial charge in [0.1, 0.15) is 0 Å². The van der Waals surface area contributed by atoms with Crippen molar-refractivity contribution in [3.05, 3.63) is 35.4 Å². The highest BCUT2D eigenvalue weighted by Gasteiger charge is 2.45. The summed E-state index contributed by atoms with van der Waals surface area (Å²) in [6.07, 6.45) is 2.88. The second-order valence-electron chi connectivity index (χ2n) is 6.57. The van der Waals surface area contributed by atoms with Crippen LogP contribution < -0.4 is 0 Å². The molecule has 1 aromatic rings. The van der Waals surface area contributed by atoms with Crippen LogP contribution in [0.3, 0.4) is 0 Å². The Morgan fingerprint density at radius 3 is 2.45 bits per heavy atom. The number of aryl methyl sites for hydroxylation is 1. The highest BCUT2D eigenvalue weighted by Crippen LogP contribution is 2.46. The van der Waals surface area contributed by atoms with Crippen LogP contribution in [0.25, 0.3) is 0 Å². The van der Waals surface area contributed by atoms with Gasteiger partial charge in [-0.1, -0.05) is 50.1 Å². The number of ether oxygens (including phenoxy) is 1. The fraction of sp³-hybridized carbons (Fsp3) is 0.667. The smallest absolute Gasteiger partial charge is 0.164 e. The quantitative estimate of drug-likeness (QED) is 0.822. The van der Waals surface area contributed by atoms with Gasteiger partial charge in [0.05, 0.1) is 0 Å². The Balaban J connectivity index is 2.35. The van der Waals surface area contributed by atoms with Crippen molar-refractivity contribution in [3.8, 4) is 0 Å². The van der Waals surface area contributed by atoms with Crippen molar-refractivity contribution >= 4 is 0 Å². The van der Waals surface area contributed by atoms with Crippen molar-refractivity contribution < 1.29 is 9.84 Å². The number of aliphatic hydroxyl groups is 1. The Labute approximate surface area is 123 Å². The van der Waals surface area contributed by atoms with E-state index >= 15 is 0 Å². The minimum atomic E-state index is -0.731. The van der Waals surface area contributed by atoms with E-state index in [0.717, 1.165) is 5.92 Å². The van der Waals surface area contributed by atoms with E-state index in [0.29, 0.717) is 12.5 Å². The lowest BCUT2D eigenvalue weighted by molar-refractivity contribution is -0.153. The zero-order valence-electron chi connectivity index (χ0n) is 13.2. The Morgan fingerprint density at radius 1 is 1.30 bits per heavy atom. The molecule has 0 heterocycles. The van der Waals surface area contributed by atoms with E-state index in [1.807, 2.05) is 6.92 Å². The Bertz CT molecular complexity index is 426. The molecule has 20 heavy (non-hydrogen) atoms. The Kier molecular flexibility index (Phi) is 4.87. The molecule has 2 rings (SSSR count). The molecule has 1 aromatic carbocycles. The molecular formula is C18H28O2. The van der Waals surface area contributed by atoms with E-state index in [-0.39, 0.29) is 5.41 Å². The molecule has 0 amide bonds. The number of benzene rings is 1. The summed E-state index contributed by atoms with van der Waals surface area (Å²) in [5, 5.41) is 10.6. The lowest BCUT2D eigenvalue weighted by atomic mass is 9.70. The molecule has 0 spiro atoms. The van der Waals surface area contributed by atoms with Crippen molar-refractivity contribution in [1.82, 2.24) is 0 Å². The summed E-state index contributed by atoms with van der Waals surface area (Å²) >= 11 is 0. The molecule has 1 fully saturated rings. The van der Waals surface area contributed by atoms with Crippen LogP contribution >= 0.6 is 0 Å². The standard InChI is InChI=1S/C18H28O2/c1-5-20-17(19)18(4,16-11-8-14(3)12-16)15-9-6-13(2)7-10-15/h6-7,9-10,14,16-17,19H,5,8,11-12H2,1-4H3. The first kappa shape index (κ1) is 15.5. The summed E-state index contributed by atoms with van der Waals surface area (Å²) in [4.78, 5) is 0. The third-order valence-corrected chi connectivity index (χ3v) is 5.05. The summed E-state index contributed by atoms with van der Waals surface area (Å²) < 4.78 is 5.59. The molecule has 0 radical (unpaired) electrons. The molecule has 1 saturated carbocycles. The first-order chi connectivity index (χ1) is 9.48. The molecular weight excluding hydrogens is 248 g/mol. The second kappa shape index (κ2) is 6.28. The van der Waals surface area contributed by atoms with Crippen molar-refractivity contribution in [1.29, 1.82) is 0 Å². The molecule has 0 saturated heterocycles. The highest BCUT2D eigenvalue weighted by atomic mass is 16.6. The van der Waals surface area contributed by atoms with Gasteiger partial charge in [-0.25, -0.2) is 0 Å². The van der Waals surface area contributed by atoms with E-state index in [2.05, 4.69) is 45.0 Å². The molecule has 4 unspecified atom stereocenters. The van der Waals surface area contributed by atoms with Crippen LogP contribution in [-0.4, -0.2) is 18.0 Å². The average molecular weight is 276 g/mol. The van der Waals surface area contributed by atoms with Gasteiger partial charge in [-0.3, -0.25) is 0 Å². The molecule has 1 N–H and O–H groups in total.